The summed E-state index contributed by atoms with van der Waals surface area (Å²) in [4.78, 5) is 11.8. The van der Waals surface area contributed by atoms with E-state index in [-0.39, 0.29) is 19.1 Å². The van der Waals surface area contributed by atoms with Crippen molar-refractivity contribution >= 4 is 5.97 Å². The van der Waals surface area contributed by atoms with Crippen molar-refractivity contribution < 1.29 is 14.6 Å². The zero-order valence-electron chi connectivity index (χ0n) is 9.95. The van der Waals surface area contributed by atoms with Gasteiger partial charge in [0.1, 0.15) is 0 Å². The molecular formula is C11H23NO3. The molecule has 0 fully saturated rings. The lowest BCUT2D eigenvalue weighted by Gasteiger charge is -2.31. The van der Waals surface area contributed by atoms with Crippen molar-refractivity contribution in [3.63, 3.8) is 0 Å². The van der Waals surface area contributed by atoms with E-state index in [1.807, 2.05) is 13.8 Å². The van der Waals surface area contributed by atoms with Crippen LogP contribution in [-0.2, 0) is 9.53 Å². The maximum absolute atomic E-state index is 11.8. The minimum atomic E-state index is -0.709. The van der Waals surface area contributed by atoms with Crippen molar-refractivity contribution in [3.8, 4) is 0 Å². The first kappa shape index (κ1) is 14.4. The fraction of sp³-hybridized carbons (Fsp3) is 0.909. The maximum Gasteiger partial charge on any atom is 0.313 e. The van der Waals surface area contributed by atoms with Crippen LogP contribution in [0.3, 0.4) is 0 Å². The van der Waals surface area contributed by atoms with Crippen LogP contribution in [0.5, 0.6) is 0 Å². The molecule has 0 aromatic heterocycles. The van der Waals surface area contributed by atoms with E-state index in [0.29, 0.717) is 25.4 Å². The van der Waals surface area contributed by atoms with Gasteiger partial charge in [-0.25, -0.2) is 0 Å². The molecule has 4 nitrogen and oxygen atoms in total. The Balaban J connectivity index is 4.70. The molecule has 1 unspecified atom stereocenters. The molecule has 0 spiro atoms. The predicted octanol–water partition coefficient (Wildman–Crippen LogP) is 0.923. The molecule has 15 heavy (non-hydrogen) atoms. The predicted molar refractivity (Wildman–Crippen MR) is 59.3 cm³/mol. The van der Waals surface area contributed by atoms with Gasteiger partial charge in [0.15, 0.2) is 0 Å². The maximum atomic E-state index is 11.8. The van der Waals surface area contributed by atoms with Crippen molar-refractivity contribution in [3.05, 3.63) is 0 Å². The van der Waals surface area contributed by atoms with Gasteiger partial charge >= 0.3 is 5.97 Å². The monoisotopic (exact) mass is 217 g/mol. The number of carbonyl (C=O) groups excluding carboxylic acids is 1. The molecule has 3 N–H and O–H groups in total. The van der Waals surface area contributed by atoms with Crippen LogP contribution in [0.25, 0.3) is 0 Å². The number of hydrogen-bond acceptors (Lipinski definition) is 4. The summed E-state index contributed by atoms with van der Waals surface area (Å²) < 4.78 is 5.02. The van der Waals surface area contributed by atoms with Crippen molar-refractivity contribution in [1.82, 2.24) is 0 Å². The Hall–Kier alpha value is -0.610. The van der Waals surface area contributed by atoms with Gasteiger partial charge in [-0.15, -0.1) is 0 Å². The van der Waals surface area contributed by atoms with Crippen LogP contribution in [-0.4, -0.2) is 30.8 Å². The summed E-state index contributed by atoms with van der Waals surface area (Å²) in [6, 6.07) is 0. The molecular weight excluding hydrogens is 194 g/mol. The molecule has 90 valence electrons. The molecule has 0 saturated heterocycles. The molecule has 0 aliphatic heterocycles. The number of esters is 1. The number of aliphatic hydroxyl groups is 1. The number of carbonyl (C=O) groups is 1. The Kier molecular flexibility index (Phi) is 6.52. The summed E-state index contributed by atoms with van der Waals surface area (Å²) in [5, 5.41) is 9.00. The molecule has 0 aromatic carbocycles. The second kappa shape index (κ2) is 6.80. The molecule has 0 aliphatic rings. The number of hydrogen-bond donors (Lipinski definition) is 2. The van der Waals surface area contributed by atoms with Crippen LogP contribution in [0, 0.1) is 11.3 Å². The van der Waals surface area contributed by atoms with Crippen LogP contribution in [0.1, 0.15) is 33.6 Å². The van der Waals surface area contributed by atoms with Gasteiger partial charge in [0, 0.05) is 13.2 Å². The van der Waals surface area contributed by atoms with Crippen LogP contribution in [0.2, 0.25) is 0 Å². The van der Waals surface area contributed by atoms with Crippen molar-refractivity contribution in [2.45, 2.75) is 33.6 Å². The van der Waals surface area contributed by atoms with Gasteiger partial charge < -0.3 is 15.6 Å². The van der Waals surface area contributed by atoms with Crippen LogP contribution >= 0.6 is 0 Å². The van der Waals surface area contributed by atoms with Gasteiger partial charge in [-0.05, 0) is 25.7 Å². The first-order valence-corrected chi connectivity index (χ1v) is 5.50. The fourth-order valence-electron chi connectivity index (χ4n) is 1.84. The van der Waals surface area contributed by atoms with Crippen molar-refractivity contribution in [2.24, 2.45) is 17.1 Å². The number of rotatable bonds is 7. The normalized spacial score (nSPS) is 15.1. The summed E-state index contributed by atoms with van der Waals surface area (Å²) >= 11 is 0. The summed E-state index contributed by atoms with van der Waals surface area (Å²) in [5.74, 6) is 0.0692. The summed E-state index contributed by atoms with van der Waals surface area (Å²) in [6.45, 7) is 6.37. The molecule has 0 radical (unpaired) electrons. The molecule has 4 heteroatoms. The number of ether oxygens (including phenoxy) is 1. The first-order valence-electron chi connectivity index (χ1n) is 5.50. The number of aliphatic hydroxyl groups excluding tert-OH is 1. The third-order valence-corrected chi connectivity index (χ3v) is 2.49. The molecule has 0 aromatic rings. The van der Waals surface area contributed by atoms with Crippen LogP contribution in [0.15, 0.2) is 0 Å². The Bertz CT molecular complexity index is 194. The third kappa shape index (κ3) is 4.18. The largest absolute Gasteiger partial charge is 0.466 e. The van der Waals surface area contributed by atoms with Gasteiger partial charge in [0.25, 0.3) is 0 Å². The quantitative estimate of drug-likeness (QED) is 0.622. The smallest absolute Gasteiger partial charge is 0.313 e. The van der Waals surface area contributed by atoms with E-state index in [4.69, 9.17) is 15.6 Å². The topological polar surface area (TPSA) is 72.5 Å². The Morgan fingerprint density at radius 3 is 2.47 bits per heavy atom. The molecule has 0 rings (SSSR count). The highest BCUT2D eigenvalue weighted by Gasteiger charge is 2.38. The Morgan fingerprint density at radius 2 is 2.13 bits per heavy atom. The molecule has 0 aliphatic carbocycles. The highest BCUT2D eigenvalue weighted by atomic mass is 16.5. The zero-order chi connectivity index (χ0) is 11.9. The Labute approximate surface area is 91.8 Å². The molecule has 0 bridgehead atoms. The summed E-state index contributed by atoms with van der Waals surface area (Å²) in [5.41, 5.74) is 4.95. The molecule has 0 saturated carbocycles. The summed E-state index contributed by atoms with van der Waals surface area (Å²) in [6.07, 6.45) is 1.03. The van der Waals surface area contributed by atoms with Gasteiger partial charge in [0.05, 0.1) is 12.0 Å². The lowest BCUT2D eigenvalue weighted by molar-refractivity contribution is -0.157. The second-order valence-electron chi connectivity index (χ2n) is 4.28. The minimum Gasteiger partial charge on any atom is -0.466 e. The number of nitrogens with two attached hydrogens (primary N) is 1. The third-order valence-electron chi connectivity index (χ3n) is 2.49. The standard InChI is InChI=1S/C11H23NO3/c1-4-15-10(14)11(8-12,5-6-13)7-9(2)3/h9,13H,4-8,12H2,1-3H3. The van der Waals surface area contributed by atoms with Crippen molar-refractivity contribution in [1.29, 1.82) is 0 Å². The minimum absolute atomic E-state index is 0.0390. The van der Waals surface area contributed by atoms with Gasteiger partial charge in [0.2, 0.25) is 0 Å². The lowest BCUT2D eigenvalue weighted by atomic mass is 9.77. The van der Waals surface area contributed by atoms with Crippen molar-refractivity contribution in [2.75, 3.05) is 19.8 Å². The average molecular weight is 217 g/mol. The lowest BCUT2D eigenvalue weighted by Crippen LogP contribution is -2.42. The second-order valence-corrected chi connectivity index (χ2v) is 4.28. The highest BCUT2D eigenvalue weighted by molar-refractivity contribution is 5.77. The van der Waals surface area contributed by atoms with E-state index in [0.717, 1.165) is 0 Å². The van der Waals surface area contributed by atoms with E-state index in [2.05, 4.69) is 0 Å². The van der Waals surface area contributed by atoms with Crippen LogP contribution in [0.4, 0.5) is 0 Å². The van der Waals surface area contributed by atoms with E-state index >= 15 is 0 Å². The molecule has 1 atom stereocenters. The first-order chi connectivity index (χ1) is 7.02. The van der Waals surface area contributed by atoms with E-state index in [9.17, 15) is 4.79 Å². The highest BCUT2D eigenvalue weighted by Crippen LogP contribution is 2.30. The summed E-state index contributed by atoms with van der Waals surface area (Å²) in [7, 11) is 0. The average Bonchev–Trinajstić information content (AvgIpc) is 2.16. The molecule has 0 amide bonds. The van der Waals surface area contributed by atoms with Gasteiger partial charge in [-0.2, -0.15) is 0 Å². The van der Waals surface area contributed by atoms with E-state index in [1.165, 1.54) is 0 Å². The zero-order valence-corrected chi connectivity index (χ0v) is 9.95. The van der Waals surface area contributed by atoms with Gasteiger partial charge in [-0.3, -0.25) is 4.79 Å². The Morgan fingerprint density at radius 1 is 1.53 bits per heavy atom. The fourth-order valence-corrected chi connectivity index (χ4v) is 1.84. The molecule has 0 heterocycles. The van der Waals surface area contributed by atoms with E-state index in [1.54, 1.807) is 6.92 Å². The van der Waals surface area contributed by atoms with Crippen LogP contribution < -0.4 is 5.73 Å². The SMILES string of the molecule is CCOC(=O)C(CN)(CCO)CC(C)C. The van der Waals surface area contributed by atoms with E-state index < -0.39 is 5.41 Å². The van der Waals surface area contributed by atoms with Gasteiger partial charge in [-0.1, -0.05) is 13.8 Å².